The molecule has 4 rings (SSSR count). The quantitative estimate of drug-likeness (QED) is 0.778. The van der Waals surface area contributed by atoms with Crippen LogP contribution in [-0.4, -0.2) is 43.4 Å². The van der Waals surface area contributed by atoms with Crippen LogP contribution >= 0.6 is 0 Å². The predicted molar refractivity (Wildman–Crippen MR) is 97.8 cm³/mol. The number of aromatic nitrogens is 5. The van der Waals surface area contributed by atoms with Gasteiger partial charge in [-0.25, -0.2) is 4.68 Å². The first-order valence-electron chi connectivity index (χ1n) is 8.91. The van der Waals surface area contributed by atoms with E-state index in [0.29, 0.717) is 5.69 Å². The van der Waals surface area contributed by atoms with E-state index >= 15 is 0 Å². The maximum atomic E-state index is 10.5. The van der Waals surface area contributed by atoms with Crippen molar-refractivity contribution in [2.24, 2.45) is 0 Å². The fourth-order valence-electron chi connectivity index (χ4n) is 3.32. The molecule has 1 N–H and O–H groups in total. The smallest absolute Gasteiger partial charge is 0.151 e. The van der Waals surface area contributed by atoms with Gasteiger partial charge in [0.25, 0.3) is 0 Å². The van der Waals surface area contributed by atoms with Crippen LogP contribution in [0.2, 0.25) is 0 Å². The molecule has 0 amide bonds. The molecule has 0 bridgehead atoms. The third-order valence-corrected chi connectivity index (χ3v) is 4.87. The zero-order valence-corrected chi connectivity index (χ0v) is 14.7. The molecule has 1 fully saturated rings. The highest BCUT2D eigenvalue weighted by atomic mass is 16.3. The summed E-state index contributed by atoms with van der Waals surface area (Å²) in [6.45, 7) is 3.74. The Bertz CT molecular complexity index is 840. The third kappa shape index (κ3) is 3.43. The zero-order valence-electron chi connectivity index (χ0n) is 14.7. The second-order valence-corrected chi connectivity index (χ2v) is 6.69. The van der Waals surface area contributed by atoms with E-state index in [2.05, 4.69) is 25.4 Å². The Labute approximate surface area is 152 Å². The summed E-state index contributed by atoms with van der Waals surface area (Å²) in [6.07, 6.45) is 3.04. The topological polar surface area (TPSA) is 80.0 Å². The average Bonchev–Trinajstić information content (AvgIpc) is 3.19. The summed E-state index contributed by atoms with van der Waals surface area (Å²) >= 11 is 0. The molecule has 0 unspecified atom stereocenters. The van der Waals surface area contributed by atoms with Gasteiger partial charge in [-0.2, -0.15) is 5.10 Å². The molecule has 134 valence electrons. The Kier molecular flexibility index (Phi) is 4.62. The average molecular weight is 350 g/mol. The van der Waals surface area contributed by atoms with Crippen LogP contribution in [0.3, 0.4) is 0 Å². The fourth-order valence-corrected chi connectivity index (χ4v) is 3.32. The van der Waals surface area contributed by atoms with Crippen LogP contribution in [0.4, 0.5) is 5.82 Å². The molecule has 0 aliphatic carbocycles. The van der Waals surface area contributed by atoms with Crippen LogP contribution in [0.5, 0.6) is 0 Å². The summed E-state index contributed by atoms with van der Waals surface area (Å²) < 4.78 is 1.89. The molecule has 0 spiro atoms. The number of rotatable bonds is 4. The maximum Gasteiger partial charge on any atom is 0.151 e. The maximum absolute atomic E-state index is 10.5. The van der Waals surface area contributed by atoms with Gasteiger partial charge in [-0.3, -0.25) is 0 Å². The molecule has 1 aromatic carbocycles. The number of hydrogen-bond acceptors (Lipinski definition) is 6. The Morgan fingerprint density at radius 1 is 1.00 bits per heavy atom. The highest BCUT2D eigenvalue weighted by molar-refractivity contribution is 5.37. The van der Waals surface area contributed by atoms with Gasteiger partial charge in [0.2, 0.25) is 0 Å². The van der Waals surface area contributed by atoms with Gasteiger partial charge in [-0.05, 0) is 37.5 Å². The number of anilines is 1. The van der Waals surface area contributed by atoms with Crippen LogP contribution < -0.4 is 4.90 Å². The molecule has 3 aromatic rings. The fraction of sp³-hybridized carbons (Fsp3) is 0.368. The monoisotopic (exact) mass is 350 g/mol. The van der Waals surface area contributed by atoms with E-state index in [4.69, 9.17) is 0 Å². The van der Waals surface area contributed by atoms with Crippen LogP contribution in [0.15, 0.2) is 48.7 Å². The first-order valence-corrected chi connectivity index (χ1v) is 8.91. The minimum absolute atomic E-state index is 0.286. The van der Waals surface area contributed by atoms with Crippen LogP contribution in [0.1, 0.15) is 41.9 Å². The van der Waals surface area contributed by atoms with Gasteiger partial charge in [0.05, 0.1) is 17.9 Å². The van der Waals surface area contributed by atoms with Crippen molar-refractivity contribution >= 4 is 5.82 Å². The molecule has 1 aliphatic rings. The molecular formula is C19H22N6O. The Hall–Kier alpha value is -2.80. The lowest BCUT2D eigenvalue weighted by atomic mass is 10.0. The van der Waals surface area contributed by atoms with Crippen molar-refractivity contribution in [1.29, 1.82) is 0 Å². The van der Waals surface area contributed by atoms with Gasteiger partial charge in [-0.1, -0.05) is 35.5 Å². The Balaban J connectivity index is 1.41. The summed E-state index contributed by atoms with van der Waals surface area (Å²) in [6, 6.07) is 13.8. The van der Waals surface area contributed by atoms with E-state index in [1.807, 2.05) is 60.3 Å². The van der Waals surface area contributed by atoms with Gasteiger partial charge >= 0.3 is 0 Å². The third-order valence-electron chi connectivity index (χ3n) is 4.87. The second-order valence-electron chi connectivity index (χ2n) is 6.69. The van der Waals surface area contributed by atoms with Crippen LogP contribution in [-0.2, 0) is 0 Å². The molecule has 0 radical (unpaired) electrons. The number of aryl methyl sites for hydroxylation is 1. The molecular weight excluding hydrogens is 328 g/mol. The number of piperidine rings is 1. The molecule has 1 saturated heterocycles. The lowest BCUT2D eigenvalue weighted by Gasteiger charge is -2.32. The van der Waals surface area contributed by atoms with E-state index < -0.39 is 6.10 Å². The van der Waals surface area contributed by atoms with Crippen molar-refractivity contribution in [1.82, 2.24) is 25.2 Å². The number of nitrogens with zero attached hydrogens (tertiary/aromatic N) is 6. The number of hydrogen-bond donors (Lipinski definition) is 1. The highest BCUT2D eigenvalue weighted by Gasteiger charge is 2.24. The molecule has 7 nitrogen and oxygen atoms in total. The summed E-state index contributed by atoms with van der Waals surface area (Å²) in [5.41, 5.74) is 2.34. The van der Waals surface area contributed by atoms with E-state index in [9.17, 15) is 5.11 Å². The van der Waals surface area contributed by atoms with Gasteiger partial charge in [-0.15, -0.1) is 10.2 Å². The summed E-state index contributed by atoms with van der Waals surface area (Å²) in [7, 11) is 0. The molecule has 3 heterocycles. The minimum atomic E-state index is -0.743. The van der Waals surface area contributed by atoms with Crippen molar-refractivity contribution in [3.8, 4) is 0 Å². The van der Waals surface area contributed by atoms with Crippen molar-refractivity contribution in [3.63, 3.8) is 0 Å². The molecule has 1 atom stereocenters. The standard InChI is InChI=1S/C19H22N6O/c1-14-7-8-18(22-20-14)24-11-9-16(10-12-24)25-13-17(21-23-25)19(26)15-5-3-2-4-6-15/h2-8,13,16,19,26H,9-12H2,1H3/t19-/m0/s1. The number of benzene rings is 1. The first kappa shape index (κ1) is 16.7. The predicted octanol–water partition coefficient (Wildman–Crippen LogP) is 2.30. The van der Waals surface area contributed by atoms with E-state index in [1.165, 1.54) is 0 Å². The van der Waals surface area contributed by atoms with Gasteiger partial charge < -0.3 is 10.0 Å². The zero-order chi connectivity index (χ0) is 17.9. The molecule has 1 aliphatic heterocycles. The molecule has 7 heteroatoms. The lowest BCUT2D eigenvalue weighted by molar-refractivity contribution is 0.215. The molecule has 0 saturated carbocycles. The summed E-state index contributed by atoms with van der Waals surface area (Å²) in [5, 5.41) is 27.3. The van der Waals surface area contributed by atoms with Gasteiger partial charge in [0.1, 0.15) is 11.8 Å². The van der Waals surface area contributed by atoms with Gasteiger partial charge in [0.15, 0.2) is 5.82 Å². The van der Waals surface area contributed by atoms with E-state index in [-0.39, 0.29) is 6.04 Å². The van der Waals surface area contributed by atoms with Crippen LogP contribution in [0, 0.1) is 6.92 Å². The van der Waals surface area contributed by atoms with Crippen molar-refractivity contribution in [3.05, 3.63) is 65.6 Å². The molecule has 26 heavy (non-hydrogen) atoms. The van der Waals surface area contributed by atoms with Crippen LogP contribution in [0.25, 0.3) is 0 Å². The molecule has 2 aromatic heterocycles. The Morgan fingerprint density at radius 3 is 2.46 bits per heavy atom. The Morgan fingerprint density at radius 2 is 1.77 bits per heavy atom. The highest BCUT2D eigenvalue weighted by Crippen LogP contribution is 2.26. The second kappa shape index (κ2) is 7.21. The summed E-state index contributed by atoms with van der Waals surface area (Å²) in [5.74, 6) is 0.924. The first-order chi connectivity index (χ1) is 12.7. The van der Waals surface area contributed by atoms with Gasteiger partial charge in [0, 0.05) is 13.1 Å². The van der Waals surface area contributed by atoms with E-state index in [1.54, 1.807) is 0 Å². The number of aliphatic hydroxyl groups excluding tert-OH is 1. The largest absolute Gasteiger partial charge is 0.382 e. The van der Waals surface area contributed by atoms with E-state index in [0.717, 1.165) is 43.0 Å². The van der Waals surface area contributed by atoms with Crippen molar-refractivity contribution in [2.45, 2.75) is 31.9 Å². The summed E-state index contributed by atoms with van der Waals surface area (Å²) in [4.78, 5) is 2.25. The normalized spacial score (nSPS) is 16.6. The SMILES string of the molecule is Cc1ccc(N2CCC(n3cc([C@@H](O)c4ccccc4)nn3)CC2)nn1. The van der Waals surface area contributed by atoms with Crippen molar-refractivity contribution in [2.75, 3.05) is 18.0 Å². The number of aliphatic hydroxyl groups is 1. The minimum Gasteiger partial charge on any atom is -0.382 e. The van der Waals surface area contributed by atoms with Crippen molar-refractivity contribution < 1.29 is 5.11 Å². The lowest BCUT2D eigenvalue weighted by Crippen LogP contribution is -2.35.